The maximum atomic E-state index is 13.8. The Morgan fingerprint density at radius 3 is 1.82 bits per heavy atom. The fourth-order valence-electron chi connectivity index (χ4n) is 5.21. The summed E-state index contributed by atoms with van der Waals surface area (Å²) in [6, 6.07) is 20.8. The van der Waals surface area contributed by atoms with Gasteiger partial charge in [0, 0.05) is 32.1 Å². The van der Waals surface area contributed by atoms with Crippen molar-refractivity contribution in [1.82, 2.24) is 9.80 Å². The number of nitrogens with zero attached hydrogens (tertiary/aromatic N) is 2. The van der Waals surface area contributed by atoms with Crippen molar-refractivity contribution in [1.29, 1.82) is 0 Å². The molecule has 2 aromatic carbocycles. The first-order chi connectivity index (χ1) is 18.2. The second-order valence-corrected chi connectivity index (χ2v) is 9.39. The molecule has 38 heavy (non-hydrogen) atoms. The average Bonchev–Trinajstić information content (AvgIpc) is 3.24. The van der Waals surface area contributed by atoms with Crippen molar-refractivity contribution in [3.8, 4) is 0 Å². The molecule has 0 saturated carbocycles. The Hall–Kier alpha value is -3.31. The predicted octanol–water partition coefficient (Wildman–Crippen LogP) is 1.05. The number of ether oxygens (including phenoxy) is 1. The Morgan fingerprint density at radius 1 is 0.921 bits per heavy atom. The molecule has 206 valence electrons. The Morgan fingerprint density at radius 2 is 1.39 bits per heavy atom. The quantitative estimate of drug-likeness (QED) is 0.375. The lowest BCUT2D eigenvalue weighted by Crippen LogP contribution is -2.43. The van der Waals surface area contributed by atoms with Crippen LogP contribution in [0.5, 0.6) is 0 Å². The second-order valence-electron chi connectivity index (χ2n) is 9.39. The third kappa shape index (κ3) is 6.39. The van der Waals surface area contributed by atoms with Crippen LogP contribution in [0.25, 0.3) is 0 Å². The van der Waals surface area contributed by atoms with E-state index < -0.39 is 29.6 Å². The van der Waals surface area contributed by atoms with Crippen molar-refractivity contribution >= 4 is 17.8 Å². The molecule has 0 aliphatic carbocycles. The molecule has 4 rings (SSSR count). The topological polar surface area (TPSA) is 148 Å². The van der Waals surface area contributed by atoms with Crippen LogP contribution >= 0.6 is 0 Å². The minimum absolute atomic E-state index is 0.249. The van der Waals surface area contributed by atoms with Crippen LogP contribution < -0.4 is 0 Å². The maximum absolute atomic E-state index is 13.8. The van der Waals surface area contributed by atoms with Crippen molar-refractivity contribution in [2.24, 2.45) is 5.92 Å². The van der Waals surface area contributed by atoms with Gasteiger partial charge in [-0.2, -0.15) is 0 Å². The lowest BCUT2D eigenvalue weighted by atomic mass is 9.66. The van der Waals surface area contributed by atoms with Crippen LogP contribution in [0.1, 0.15) is 24.5 Å². The Labute approximate surface area is 222 Å². The average molecular weight is 529 g/mol. The van der Waals surface area contributed by atoms with Gasteiger partial charge < -0.3 is 30.1 Å². The highest BCUT2D eigenvalue weighted by Gasteiger charge is 2.55. The van der Waals surface area contributed by atoms with Gasteiger partial charge in [0.15, 0.2) is 12.2 Å². The van der Waals surface area contributed by atoms with Gasteiger partial charge >= 0.3 is 11.9 Å². The van der Waals surface area contributed by atoms with E-state index in [4.69, 9.17) is 25.2 Å². The fourth-order valence-corrected chi connectivity index (χ4v) is 5.21. The number of rotatable bonds is 9. The van der Waals surface area contributed by atoms with Crippen molar-refractivity contribution in [2.45, 2.75) is 31.0 Å². The van der Waals surface area contributed by atoms with E-state index >= 15 is 0 Å². The smallest absolute Gasteiger partial charge is 0.335 e. The summed E-state index contributed by atoms with van der Waals surface area (Å²) in [5, 5.41) is 32.5. The number of carboxylic acids is 2. The standard InChI is InChI=1S/C24H30N2O2.C4H6O6/c1-2-26-19-22(13-14-25-15-17-28-18-16-25)24(23(26)27,20-9-5-3-6-10-20)21-11-7-4-8-12-21;5-1(3(7)8)2(6)4(9)10/h3-12,22H,2,13-19H2,1H3;1-2,5-6H,(H,7,8)(H,9,10)/t22-;1-,2-/m01/s1. The fraction of sp³-hybridized carbons (Fsp3) is 0.464. The molecule has 2 fully saturated rings. The molecule has 2 aliphatic rings. The summed E-state index contributed by atoms with van der Waals surface area (Å²) in [4.78, 5) is 37.9. The molecule has 2 heterocycles. The number of carbonyl (C=O) groups excluding carboxylic acids is 1. The van der Waals surface area contributed by atoms with Gasteiger partial charge in [-0.25, -0.2) is 9.59 Å². The molecule has 0 spiro atoms. The van der Waals surface area contributed by atoms with Crippen LogP contribution in [0.4, 0.5) is 0 Å². The van der Waals surface area contributed by atoms with Gasteiger partial charge in [0.25, 0.3) is 0 Å². The second kappa shape index (κ2) is 13.5. The van der Waals surface area contributed by atoms with Crippen LogP contribution in [0.3, 0.4) is 0 Å². The first-order valence-electron chi connectivity index (χ1n) is 12.8. The van der Waals surface area contributed by atoms with Gasteiger partial charge in [-0.3, -0.25) is 9.69 Å². The number of morpholine rings is 1. The monoisotopic (exact) mass is 528 g/mol. The normalized spacial score (nSPS) is 20.8. The largest absolute Gasteiger partial charge is 0.479 e. The molecule has 10 nitrogen and oxygen atoms in total. The highest BCUT2D eigenvalue weighted by Crippen LogP contribution is 2.47. The molecule has 2 saturated heterocycles. The van der Waals surface area contributed by atoms with Crippen LogP contribution in [0.15, 0.2) is 60.7 Å². The molecular weight excluding hydrogens is 492 g/mol. The van der Waals surface area contributed by atoms with E-state index in [2.05, 4.69) is 60.4 Å². The van der Waals surface area contributed by atoms with Crippen molar-refractivity contribution in [2.75, 3.05) is 45.9 Å². The lowest BCUT2D eigenvalue weighted by molar-refractivity contribution is -0.165. The summed E-state index contributed by atoms with van der Waals surface area (Å²) in [6.07, 6.45) is -3.53. The number of hydrogen-bond donors (Lipinski definition) is 4. The van der Waals surface area contributed by atoms with Gasteiger partial charge in [0.1, 0.15) is 5.41 Å². The lowest BCUT2D eigenvalue weighted by Gasteiger charge is -2.36. The molecule has 10 heteroatoms. The number of aliphatic hydroxyl groups excluding tert-OH is 2. The molecule has 0 aromatic heterocycles. The number of likely N-dealkylation sites (N-methyl/N-ethyl adjacent to an activating group) is 1. The number of amides is 1. The molecule has 4 N–H and O–H groups in total. The van der Waals surface area contributed by atoms with Gasteiger partial charge in [0.05, 0.1) is 13.2 Å². The number of aliphatic hydroxyl groups is 2. The van der Waals surface area contributed by atoms with Crippen LogP contribution in [-0.4, -0.2) is 106 Å². The summed E-state index contributed by atoms with van der Waals surface area (Å²) in [7, 11) is 0. The molecular formula is C28H36N2O8. The number of hydrogen-bond acceptors (Lipinski definition) is 7. The van der Waals surface area contributed by atoms with Gasteiger partial charge in [-0.1, -0.05) is 60.7 Å². The van der Waals surface area contributed by atoms with E-state index in [0.29, 0.717) is 0 Å². The molecule has 1 amide bonds. The van der Waals surface area contributed by atoms with E-state index in [9.17, 15) is 14.4 Å². The van der Waals surface area contributed by atoms with E-state index in [1.165, 1.54) is 0 Å². The summed E-state index contributed by atoms with van der Waals surface area (Å²) >= 11 is 0. The first-order valence-corrected chi connectivity index (χ1v) is 12.8. The van der Waals surface area contributed by atoms with Crippen LogP contribution in [0.2, 0.25) is 0 Å². The van der Waals surface area contributed by atoms with E-state index in [1.54, 1.807) is 0 Å². The predicted molar refractivity (Wildman–Crippen MR) is 139 cm³/mol. The first kappa shape index (κ1) is 29.2. The van der Waals surface area contributed by atoms with Gasteiger partial charge in [-0.05, 0) is 31.0 Å². The summed E-state index contributed by atoms with van der Waals surface area (Å²) in [5.74, 6) is -3.03. The summed E-state index contributed by atoms with van der Waals surface area (Å²) < 4.78 is 5.50. The zero-order valence-electron chi connectivity index (χ0n) is 21.5. The van der Waals surface area contributed by atoms with Crippen LogP contribution in [0, 0.1) is 5.92 Å². The zero-order chi connectivity index (χ0) is 27.7. The Bertz CT molecular complexity index is 1000. The molecule has 3 atom stereocenters. The number of carboxylic acid groups (broad SMARTS) is 2. The van der Waals surface area contributed by atoms with E-state index in [0.717, 1.165) is 63.5 Å². The Balaban J connectivity index is 0.000000342. The third-order valence-corrected chi connectivity index (χ3v) is 7.22. The van der Waals surface area contributed by atoms with E-state index in [-0.39, 0.29) is 11.8 Å². The minimum Gasteiger partial charge on any atom is -0.479 e. The highest BCUT2D eigenvalue weighted by atomic mass is 16.5. The molecule has 0 unspecified atom stereocenters. The third-order valence-electron chi connectivity index (χ3n) is 7.22. The molecule has 2 aromatic rings. The zero-order valence-corrected chi connectivity index (χ0v) is 21.5. The summed E-state index contributed by atoms with van der Waals surface area (Å²) in [6.45, 7) is 8.28. The summed E-state index contributed by atoms with van der Waals surface area (Å²) in [5.41, 5.74) is 1.65. The SMILES string of the molecule is CCN1C[C@H](CCN2CCOCC2)C(c2ccccc2)(c2ccccc2)C1=O.O=C(O)[C@H](O)[C@@H](O)C(=O)O. The van der Waals surface area contributed by atoms with Gasteiger partial charge in [0.2, 0.25) is 5.91 Å². The van der Waals surface area contributed by atoms with E-state index in [1.807, 2.05) is 17.0 Å². The molecule has 2 aliphatic heterocycles. The van der Waals surface area contributed by atoms with Crippen molar-refractivity contribution in [3.05, 3.63) is 71.8 Å². The van der Waals surface area contributed by atoms with Crippen LogP contribution in [-0.2, 0) is 24.5 Å². The van der Waals surface area contributed by atoms with Crippen molar-refractivity contribution in [3.63, 3.8) is 0 Å². The van der Waals surface area contributed by atoms with Gasteiger partial charge in [-0.15, -0.1) is 0 Å². The molecule has 0 radical (unpaired) electrons. The number of likely N-dealkylation sites (tertiary alicyclic amines) is 1. The number of aliphatic carboxylic acids is 2. The Kier molecular flexibility index (Phi) is 10.4. The molecule has 0 bridgehead atoms. The highest BCUT2D eigenvalue weighted by molar-refractivity contribution is 5.94. The van der Waals surface area contributed by atoms with Crippen molar-refractivity contribution < 1.29 is 39.5 Å². The minimum atomic E-state index is -2.27. The maximum Gasteiger partial charge on any atom is 0.335 e. The number of carbonyl (C=O) groups is 3. The number of benzene rings is 2.